The molecule has 2 rings (SSSR count). The molecule has 1 heterocycles. The van der Waals surface area contributed by atoms with Gasteiger partial charge in [0.05, 0.1) is 12.1 Å². The van der Waals surface area contributed by atoms with Gasteiger partial charge in [-0.3, -0.25) is 9.79 Å². The van der Waals surface area contributed by atoms with Crippen LogP contribution >= 0.6 is 27.3 Å². The normalized spacial score (nSPS) is 20.0. The molecular formula is C15H19BrN2O2S. The number of hydrogen-bond donors (Lipinski definition) is 1. The Labute approximate surface area is 137 Å². The second-order valence-electron chi connectivity index (χ2n) is 5.40. The Hall–Kier alpha value is -0.980. The number of ketones is 1. The van der Waals surface area contributed by atoms with E-state index < -0.39 is 0 Å². The number of aliphatic hydroxyl groups excluding tert-OH is 1. The zero-order valence-corrected chi connectivity index (χ0v) is 14.6. The third-order valence-electron chi connectivity index (χ3n) is 3.46. The molecule has 0 aliphatic heterocycles. The first kappa shape index (κ1) is 16.4. The highest BCUT2D eigenvalue weighted by atomic mass is 79.9. The van der Waals surface area contributed by atoms with Crippen LogP contribution in [0.5, 0.6) is 0 Å². The van der Waals surface area contributed by atoms with Crippen molar-refractivity contribution < 1.29 is 9.90 Å². The van der Waals surface area contributed by atoms with Gasteiger partial charge in [0.1, 0.15) is 5.76 Å². The zero-order valence-electron chi connectivity index (χ0n) is 12.2. The number of rotatable bonds is 5. The predicted octanol–water partition coefficient (Wildman–Crippen LogP) is 3.40. The highest BCUT2D eigenvalue weighted by Gasteiger charge is 2.29. The summed E-state index contributed by atoms with van der Waals surface area (Å²) < 4.78 is 1.02. The van der Waals surface area contributed by atoms with E-state index in [9.17, 15) is 9.90 Å². The Bertz CT molecular complexity index is 578. The number of aliphatic imine (C=N–C) groups is 1. The summed E-state index contributed by atoms with van der Waals surface area (Å²) >= 11 is 5.09. The van der Waals surface area contributed by atoms with E-state index in [4.69, 9.17) is 0 Å². The highest BCUT2D eigenvalue weighted by molar-refractivity contribution is 9.10. The predicted molar refractivity (Wildman–Crippen MR) is 90.6 cm³/mol. The minimum absolute atomic E-state index is 0.0320. The van der Waals surface area contributed by atoms with Crippen LogP contribution in [0.1, 0.15) is 24.3 Å². The standard InChI is InChI=1S/C15H19BrN2O2S/c1-18(2)4-3-17-7-11-14(19)5-10(6-15(11)20)12-8-21-9-13(12)16/h7-10,19H,3-6H2,1-2H3. The number of nitrogens with zero attached hydrogens (tertiary/aromatic N) is 2. The average molecular weight is 371 g/mol. The van der Waals surface area contributed by atoms with Crippen LogP contribution in [0.15, 0.2) is 31.6 Å². The van der Waals surface area contributed by atoms with Crippen LogP contribution in [0.4, 0.5) is 0 Å². The third-order valence-corrected chi connectivity index (χ3v) is 5.21. The molecule has 1 aliphatic carbocycles. The number of carbonyl (C=O) groups excluding carboxylic acids is 1. The molecular weight excluding hydrogens is 352 g/mol. The van der Waals surface area contributed by atoms with Gasteiger partial charge in [0.2, 0.25) is 0 Å². The van der Waals surface area contributed by atoms with Crippen molar-refractivity contribution in [3.8, 4) is 0 Å². The Morgan fingerprint density at radius 1 is 1.48 bits per heavy atom. The molecule has 0 bridgehead atoms. The molecule has 1 aromatic heterocycles. The maximum atomic E-state index is 12.2. The van der Waals surface area contributed by atoms with Gasteiger partial charge in [0.25, 0.3) is 0 Å². The number of Topliss-reactive ketones (excluding diaryl/α,β-unsaturated/α-hetero) is 1. The molecule has 0 fully saturated rings. The van der Waals surface area contributed by atoms with Gasteiger partial charge in [0.15, 0.2) is 5.78 Å². The molecule has 21 heavy (non-hydrogen) atoms. The molecule has 1 aliphatic rings. The number of halogens is 1. The maximum absolute atomic E-state index is 12.2. The van der Waals surface area contributed by atoms with Crippen LogP contribution in [0.2, 0.25) is 0 Å². The van der Waals surface area contributed by atoms with Crippen molar-refractivity contribution in [1.29, 1.82) is 0 Å². The van der Waals surface area contributed by atoms with E-state index in [0.29, 0.717) is 25.0 Å². The Morgan fingerprint density at radius 2 is 2.24 bits per heavy atom. The largest absolute Gasteiger partial charge is 0.511 e. The van der Waals surface area contributed by atoms with Gasteiger partial charge in [-0.1, -0.05) is 0 Å². The molecule has 1 N–H and O–H groups in total. The van der Waals surface area contributed by atoms with Crippen molar-refractivity contribution >= 4 is 39.3 Å². The van der Waals surface area contributed by atoms with Crippen LogP contribution in [-0.2, 0) is 4.79 Å². The summed E-state index contributed by atoms with van der Waals surface area (Å²) in [6.07, 6.45) is 2.45. The second-order valence-corrected chi connectivity index (χ2v) is 7.00. The minimum Gasteiger partial charge on any atom is -0.511 e. The lowest BCUT2D eigenvalue weighted by Crippen LogP contribution is -2.20. The van der Waals surface area contributed by atoms with Gasteiger partial charge in [-0.05, 0) is 41.0 Å². The Balaban J connectivity index is 2.07. The number of thiophene rings is 1. The summed E-state index contributed by atoms with van der Waals surface area (Å²) in [7, 11) is 3.95. The summed E-state index contributed by atoms with van der Waals surface area (Å²) in [5.41, 5.74) is 1.47. The number of hydrogen-bond acceptors (Lipinski definition) is 5. The lowest BCUT2D eigenvalue weighted by atomic mass is 9.84. The minimum atomic E-state index is -0.0320. The van der Waals surface area contributed by atoms with Gasteiger partial charge in [-0.2, -0.15) is 11.3 Å². The molecule has 0 radical (unpaired) electrons. The zero-order chi connectivity index (χ0) is 15.4. The van der Waals surface area contributed by atoms with E-state index in [0.717, 1.165) is 16.6 Å². The van der Waals surface area contributed by atoms with Gasteiger partial charge < -0.3 is 10.0 Å². The van der Waals surface area contributed by atoms with Gasteiger partial charge in [-0.25, -0.2) is 0 Å². The topological polar surface area (TPSA) is 52.9 Å². The van der Waals surface area contributed by atoms with Crippen LogP contribution in [-0.4, -0.2) is 49.2 Å². The molecule has 1 atom stereocenters. The molecule has 1 unspecified atom stereocenters. The van der Waals surface area contributed by atoms with Crippen molar-refractivity contribution in [3.05, 3.63) is 32.1 Å². The fraction of sp³-hybridized carbons (Fsp3) is 0.467. The molecule has 0 saturated carbocycles. The quantitative estimate of drug-likeness (QED) is 0.808. The molecule has 0 aromatic carbocycles. The summed E-state index contributed by atoms with van der Waals surface area (Å²) in [6.45, 7) is 1.44. The summed E-state index contributed by atoms with van der Waals surface area (Å²) in [5.74, 6) is 0.176. The van der Waals surface area contributed by atoms with Gasteiger partial charge in [0, 0.05) is 41.4 Å². The van der Waals surface area contributed by atoms with Gasteiger partial charge >= 0.3 is 0 Å². The van der Waals surface area contributed by atoms with Crippen LogP contribution in [0.25, 0.3) is 0 Å². The first-order valence-corrected chi connectivity index (χ1v) is 8.54. The Kier molecular flexibility index (Phi) is 5.72. The number of likely N-dealkylation sites (N-methyl/N-ethyl adjacent to an activating group) is 1. The van der Waals surface area contributed by atoms with Crippen molar-refractivity contribution in [1.82, 2.24) is 4.90 Å². The monoisotopic (exact) mass is 370 g/mol. The van der Waals surface area contributed by atoms with E-state index in [-0.39, 0.29) is 17.5 Å². The molecule has 0 saturated heterocycles. The summed E-state index contributed by atoms with van der Waals surface area (Å²) in [6, 6.07) is 0. The van der Waals surface area contributed by atoms with E-state index in [1.54, 1.807) is 11.3 Å². The molecule has 0 spiro atoms. The molecule has 114 valence electrons. The van der Waals surface area contributed by atoms with E-state index in [1.165, 1.54) is 6.21 Å². The fourth-order valence-electron chi connectivity index (χ4n) is 2.27. The van der Waals surface area contributed by atoms with Crippen molar-refractivity contribution in [2.75, 3.05) is 27.2 Å². The molecule has 4 nitrogen and oxygen atoms in total. The number of aliphatic hydroxyl groups is 1. The van der Waals surface area contributed by atoms with E-state index >= 15 is 0 Å². The van der Waals surface area contributed by atoms with Gasteiger partial charge in [-0.15, -0.1) is 0 Å². The van der Waals surface area contributed by atoms with Crippen LogP contribution < -0.4 is 0 Å². The maximum Gasteiger partial charge on any atom is 0.168 e. The Morgan fingerprint density at radius 3 is 2.81 bits per heavy atom. The van der Waals surface area contributed by atoms with Crippen LogP contribution in [0.3, 0.4) is 0 Å². The first-order valence-electron chi connectivity index (χ1n) is 6.80. The fourth-order valence-corrected chi connectivity index (χ4v) is 3.98. The molecule has 0 amide bonds. The highest BCUT2D eigenvalue weighted by Crippen LogP contribution is 2.38. The van der Waals surface area contributed by atoms with Crippen LogP contribution in [0, 0.1) is 0 Å². The van der Waals surface area contributed by atoms with Crippen molar-refractivity contribution in [2.24, 2.45) is 4.99 Å². The lowest BCUT2D eigenvalue weighted by molar-refractivity contribution is -0.116. The molecule has 6 heteroatoms. The SMILES string of the molecule is CN(C)CCN=CC1=C(O)CC(c2cscc2Br)CC1=O. The molecule has 1 aromatic rings. The third kappa shape index (κ3) is 4.25. The smallest absolute Gasteiger partial charge is 0.168 e. The average Bonchev–Trinajstić information content (AvgIpc) is 2.82. The van der Waals surface area contributed by atoms with E-state index in [2.05, 4.69) is 20.9 Å². The lowest BCUT2D eigenvalue weighted by Gasteiger charge is -2.21. The summed E-state index contributed by atoms with van der Waals surface area (Å²) in [5, 5.41) is 14.2. The number of carbonyl (C=O) groups is 1. The first-order chi connectivity index (χ1) is 9.99. The van der Waals surface area contributed by atoms with E-state index in [1.807, 2.05) is 29.8 Å². The second kappa shape index (κ2) is 7.33. The van der Waals surface area contributed by atoms with Crippen molar-refractivity contribution in [2.45, 2.75) is 18.8 Å². The number of allylic oxidation sites excluding steroid dienone is 2. The summed E-state index contributed by atoms with van der Waals surface area (Å²) in [4.78, 5) is 18.5. The van der Waals surface area contributed by atoms with Crippen molar-refractivity contribution in [3.63, 3.8) is 0 Å².